The molecule has 1 fully saturated rings. The molecule has 0 aromatic heterocycles. The first kappa shape index (κ1) is 26.8. The summed E-state index contributed by atoms with van der Waals surface area (Å²) in [4.78, 5) is 5.22. The summed E-state index contributed by atoms with van der Waals surface area (Å²) >= 11 is 5.98. The number of ether oxygens (including phenoxy) is 1. The zero-order chi connectivity index (χ0) is 24.5. The molecule has 1 aliphatic rings. The molecule has 2 aromatic carbocycles. The quantitative estimate of drug-likeness (QED) is 0.367. The molecule has 1 aliphatic heterocycles. The fraction of sp³-hybridized carbons (Fsp3) is 0.586. The van der Waals surface area contributed by atoms with Gasteiger partial charge in [-0.05, 0) is 86.0 Å². The van der Waals surface area contributed by atoms with Gasteiger partial charge in [0.15, 0.2) is 0 Å². The summed E-state index contributed by atoms with van der Waals surface area (Å²) in [5, 5.41) is 0.748. The van der Waals surface area contributed by atoms with E-state index in [0.717, 1.165) is 48.9 Å². The zero-order valence-electron chi connectivity index (χ0n) is 21.6. The van der Waals surface area contributed by atoms with Crippen LogP contribution in [0.5, 0.6) is 5.75 Å². The highest BCUT2D eigenvalue weighted by Gasteiger charge is 2.26. The number of benzene rings is 2. The summed E-state index contributed by atoms with van der Waals surface area (Å²) < 4.78 is 6.02. The van der Waals surface area contributed by atoms with Gasteiger partial charge in [-0.25, -0.2) is 0 Å². The van der Waals surface area contributed by atoms with Gasteiger partial charge in [0.25, 0.3) is 0 Å². The molecule has 1 saturated heterocycles. The fourth-order valence-electron chi connectivity index (χ4n) is 4.86. The Kier molecular flexibility index (Phi) is 10.6. The minimum Gasteiger partial charge on any atom is -0.489 e. The maximum atomic E-state index is 6.46. The normalized spacial score (nSPS) is 17.8. The van der Waals surface area contributed by atoms with E-state index in [0.29, 0.717) is 24.5 Å². The van der Waals surface area contributed by atoms with Crippen LogP contribution in [0.4, 0.5) is 5.69 Å². The van der Waals surface area contributed by atoms with Crippen LogP contribution in [0, 0.1) is 11.8 Å². The number of likely N-dealkylation sites (tertiary alicyclic amines) is 1. The van der Waals surface area contributed by atoms with Crippen molar-refractivity contribution >= 4 is 17.3 Å². The topological polar surface area (TPSA) is 41.7 Å². The molecule has 3 rings (SSSR count). The van der Waals surface area contributed by atoms with Crippen molar-refractivity contribution in [3.05, 3.63) is 59.1 Å². The molecule has 0 radical (unpaired) electrons. The summed E-state index contributed by atoms with van der Waals surface area (Å²) in [5.74, 6) is 2.23. The summed E-state index contributed by atoms with van der Waals surface area (Å²) in [6.07, 6.45) is 4.76. The molecule has 34 heavy (non-hydrogen) atoms. The summed E-state index contributed by atoms with van der Waals surface area (Å²) in [6, 6.07) is 17.3. The Morgan fingerprint density at radius 1 is 1.03 bits per heavy atom. The molecule has 4 nitrogen and oxygen atoms in total. The molecule has 5 heteroatoms. The van der Waals surface area contributed by atoms with E-state index in [1.165, 1.54) is 24.9 Å². The van der Waals surface area contributed by atoms with Gasteiger partial charge < -0.3 is 15.4 Å². The third-order valence-electron chi connectivity index (χ3n) is 6.62. The fourth-order valence-corrected chi connectivity index (χ4v) is 4.99. The monoisotopic (exact) mass is 485 g/mol. The van der Waals surface area contributed by atoms with Crippen molar-refractivity contribution in [2.45, 2.75) is 72.1 Å². The molecule has 1 unspecified atom stereocenters. The number of hydrogen-bond acceptors (Lipinski definition) is 4. The smallest absolute Gasteiger partial charge is 0.119 e. The Morgan fingerprint density at radius 3 is 2.38 bits per heavy atom. The Hall–Kier alpha value is -1.75. The van der Waals surface area contributed by atoms with Crippen molar-refractivity contribution < 1.29 is 4.74 Å². The van der Waals surface area contributed by atoms with Gasteiger partial charge in [-0.15, -0.1) is 0 Å². The van der Waals surface area contributed by atoms with Gasteiger partial charge in [0, 0.05) is 42.4 Å². The molecule has 2 N–H and O–H groups in total. The Labute approximate surface area is 212 Å². The van der Waals surface area contributed by atoms with Crippen molar-refractivity contribution in [1.82, 2.24) is 4.90 Å². The van der Waals surface area contributed by atoms with E-state index in [1.54, 1.807) is 0 Å². The lowest BCUT2D eigenvalue weighted by atomic mass is 9.99. The van der Waals surface area contributed by atoms with Crippen LogP contribution in [-0.4, -0.2) is 43.2 Å². The van der Waals surface area contributed by atoms with Crippen LogP contribution in [0.3, 0.4) is 0 Å². The number of piperidine rings is 1. The van der Waals surface area contributed by atoms with Gasteiger partial charge in [0.05, 0.1) is 0 Å². The van der Waals surface area contributed by atoms with Crippen molar-refractivity contribution in [1.29, 1.82) is 0 Å². The lowest BCUT2D eigenvalue weighted by molar-refractivity contribution is 0.187. The average molecular weight is 486 g/mol. The highest BCUT2D eigenvalue weighted by molar-refractivity contribution is 6.30. The van der Waals surface area contributed by atoms with E-state index in [9.17, 15) is 0 Å². The third kappa shape index (κ3) is 8.79. The van der Waals surface area contributed by atoms with Crippen molar-refractivity contribution in [3.8, 4) is 5.75 Å². The number of nitrogens with two attached hydrogens (primary N) is 1. The summed E-state index contributed by atoms with van der Waals surface area (Å²) in [5.41, 5.74) is 8.86. The van der Waals surface area contributed by atoms with Gasteiger partial charge in [-0.3, -0.25) is 4.90 Å². The largest absolute Gasteiger partial charge is 0.489 e. The van der Waals surface area contributed by atoms with E-state index >= 15 is 0 Å². The summed E-state index contributed by atoms with van der Waals surface area (Å²) in [7, 11) is 0. The van der Waals surface area contributed by atoms with E-state index < -0.39 is 0 Å². The van der Waals surface area contributed by atoms with Crippen LogP contribution in [-0.2, 0) is 6.61 Å². The highest BCUT2D eigenvalue weighted by Crippen LogP contribution is 2.27. The van der Waals surface area contributed by atoms with Crippen LogP contribution in [0.25, 0.3) is 0 Å². The van der Waals surface area contributed by atoms with Gasteiger partial charge in [-0.1, -0.05) is 51.4 Å². The Morgan fingerprint density at radius 2 is 1.74 bits per heavy atom. The molecule has 188 valence electrons. The molecule has 1 heterocycles. The third-order valence-corrected chi connectivity index (χ3v) is 6.87. The predicted octanol–water partition coefficient (Wildman–Crippen LogP) is 6.61. The van der Waals surface area contributed by atoms with Gasteiger partial charge in [0.2, 0.25) is 0 Å². The molecule has 0 spiro atoms. The molecular formula is C29H44ClN3O. The zero-order valence-corrected chi connectivity index (χ0v) is 22.3. The average Bonchev–Trinajstić information content (AvgIpc) is 2.79. The standard InChI is InChI=1S/C29H44ClN3O/c1-22(2)15-17-33(28-6-5-16-32(20-28)19-26(31)18-23(3)4)27-11-13-29(14-12-27)34-21-24-7-9-25(30)10-8-24/h7-14,22-23,26,28H,5-6,15-21,31H2,1-4H3/t26?,28-/m0/s1. The SMILES string of the molecule is CC(C)CCN(c1ccc(OCc2ccc(Cl)cc2)cc1)[C@H]1CCCN(CC(N)CC(C)C)C1. The van der Waals surface area contributed by atoms with Crippen molar-refractivity contribution in [3.63, 3.8) is 0 Å². The molecule has 0 amide bonds. The second-order valence-electron chi connectivity index (χ2n) is 10.7. The number of anilines is 1. The molecule has 0 bridgehead atoms. The predicted molar refractivity (Wildman–Crippen MR) is 146 cm³/mol. The molecule has 2 aromatic rings. The van der Waals surface area contributed by atoms with Crippen LogP contribution < -0.4 is 15.4 Å². The van der Waals surface area contributed by atoms with E-state index in [-0.39, 0.29) is 6.04 Å². The highest BCUT2D eigenvalue weighted by atomic mass is 35.5. The van der Waals surface area contributed by atoms with Gasteiger partial charge >= 0.3 is 0 Å². The molecule has 0 aliphatic carbocycles. The first-order valence-corrected chi connectivity index (χ1v) is 13.4. The number of nitrogens with zero attached hydrogens (tertiary/aromatic N) is 2. The second-order valence-corrected chi connectivity index (χ2v) is 11.2. The maximum absolute atomic E-state index is 6.46. The van der Waals surface area contributed by atoms with Gasteiger partial charge in [-0.2, -0.15) is 0 Å². The van der Waals surface area contributed by atoms with Crippen LogP contribution in [0.1, 0.15) is 58.9 Å². The summed E-state index contributed by atoms with van der Waals surface area (Å²) in [6.45, 7) is 14.0. The van der Waals surface area contributed by atoms with E-state index in [1.807, 2.05) is 24.3 Å². The minimum absolute atomic E-state index is 0.264. The first-order chi connectivity index (χ1) is 16.3. The van der Waals surface area contributed by atoms with Gasteiger partial charge in [0.1, 0.15) is 12.4 Å². The number of halogens is 1. The van der Waals surface area contributed by atoms with Crippen LogP contribution in [0.15, 0.2) is 48.5 Å². The number of rotatable bonds is 12. The minimum atomic E-state index is 0.264. The van der Waals surface area contributed by atoms with Crippen molar-refractivity contribution in [2.24, 2.45) is 17.6 Å². The lowest BCUT2D eigenvalue weighted by Crippen LogP contribution is -2.51. The van der Waals surface area contributed by atoms with E-state index in [2.05, 4.69) is 61.8 Å². The van der Waals surface area contributed by atoms with Crippen LogP contribution >= 0.6 is 11.6 Å². The second kappa shape index (κ2) is 13.4. The molecule has 0 saturated carbocycles. The number of hydrogen-bond donors (Lipinski definition) is 1. The maximum Gasteiger partial charge on any atom is 0.119 e. The lowest BCUT2D eigenvalue weighted by Gasteiger charge is -2.42. The Balaban J connectivity index is 1.64. The Bertz CT molecular complexity index is 837. The van der Waals surface area contributed by atoms with Crippen LogP contribution in [0.2, 0.25) is 5.02 Å². The molecular weight excluding hydrogens is 442 g/mol. The first-order valence-electron chi connectivity index (χ1n) is 13.0. The molecule has 2 atom stereocenters. The van der Waals surface area contributed by atoms with Crippen molar-refractivity contribution in [2.75, 3.05) is 31.1 Å². The van der Waals surface area contributed by atoms with E-state index in [4.69, 9.17) is 22.1 Å².